The molecule has 1 atom stereocenters. The monoisotopic (exact) mass is 324 g/mol. The van der Waals surface area contributed by atoms with Crippen LogP contribution in [0.25, 0.3) is 17.0 Å². The van der Waals surface area contributed by atoms with Crippen molar-refractivity contribution in [3.63, 3.8) is 0 Å². The van der Waals surface area contributed by atoms with E-state index in [0.717, 1.165) is 43.0 Å². The molecule has 0 spiro atoms. The summed E-state index contributed by atoms with van der Waals surface area (Å²) >= 11 is 0. The van der Waals surface area contributed by atoms with E-state index < -0.39 is 0 Å². The summed E-state index contributed by atoms with van der Waals surface area (Å²) in [5.41, 5.74) is 2.56. The van der Waals surface area contributed by atoms with E-state index in [2.05, 4.69) is 20.6 Å². The van der Waals surface area contributed by atoms with Gasteiger partial charge in [0.1, 0.15) is 11.3 Å². The predicted octanol–water partition coefficient (Wildman–Crippen LogP) is 1.96. The van der Waals surface area contributed by atoms with E-state index in [0.29, 0.717) is 17.7 Å². The molecule has 7 nitrogen and oxygen atoms in total. The highest BCUT2D eigenvalue weighted by molar-refractivity contribution is 5.62. The first-order chi connectivity index (χ1) is 11.8. The number of ether oxygens (including phenoxy) is 1. The van der Waals surface area contributed by atoms with Crippen molar-refractivity contribution >= 4 is 11.5 Å². The number of methoxy groups -OCH3 is 1. The second-order valence-electron chi connectivity index (χ2n) is 5.87. The zero-order valence-corrected chi connectivity index (χ0v) is 13.6. The fourth-order valence-corrected chi connectivity index (χ4v) is 3.04. The number of hydrogen-bond acceptors (Lipinski definition) is 6. The molecule has 1 aliphatic heterocycles. The van der Waals surface area contributed by atoms with E-state index >= 15 is 0 Å². The molecule has 124 valence electrons. The van der Waals surface area contributed by atoms with Crippen LogP contribution in [-0.4, -0.2) is 45.6 Å². The largest absolute Gasteiger partial charge is 0.478 e. The number of piperidine rings is 1. The van der Waals surface area contributed by atoms with E-state index in [1.54, 1.807) is 13.3 Å². The second kappa shape index (κ2) is 6.45. The number of fused-ring (bicyclic) bond motifs is 1. The van der Waals surface area contributed by atoms with Gasteiger partial charge in [-0.15, -0.1) is 0 Å². The molecule has 3 aromatic heterocycles. The highest BCUT2D eigenvalue weighted by atomic mass is 16.5. The summed E-state index contributed by atoms with van der Waals surface area (Å²) in [6.45, 7) is 1.99. The molecular weight excluding hydrogens is 304 g/mol. The first kappa shape index (κ1) is 14.9. The van der Waals surface area contributed by atoms with Crippen molar-refractivity contribution < 1.29 is 4.74 Å². The van der Waals surface area contributed by atoms with Crippen molar-refractivity contribution in [3.05, 3.63) is 36.8 Å². The van der Waals surface area contributed by atoms with Crippen molar-refractivity contribution in [1.82, 2.24) is 24.7 Å². The lowest BCUT2D eigenvalue weighted by atomic mass is 10.1. The van der Waals surface area contributed by atoms with Gasteiger partial charge in [0, 0.05) is 18.8 Å². The maximum absolute atomic E-state index is 5.37. The smallest absolute Gasteiger partial charge is 0.257 e. The van der Waals surface area contributed by atoms with Gasteiger partial charge in [0.2, 0.25) is 0 Å². The van der Waals surface area contributed by atoms with Crippen LogP contribution in [0.2, 0.25) is 0 Å². The topological polar surface area (TPSA) is 76.4 Å². The average Bonchev–Trinajstić information content (AvgIpc) is 3.07. The van der Waals surface area contributed by atoms with Crippen LogP contribution in [0.3, 0.4) is 0 Å². The molecule has 0 amide bonds. The van der Waals surface area contributed by atoms with E-state index in [1.165, 1.54) is 0 Å². The van der Waals surface area contributed by atoms with Gasteiger partial charge < -0.3 is 15.4 Å². The molecule has 1 saturated heterocycles. The molecule has 1 aliphatic rings. The molecule has 4 rings (SSSR count). The second-order valence-corrected chi connectivity index (χ2v) is 5.87. The molecular formula is C17H20N6O. The molecule has 2 N–H and O–H groups in total. The number of rotatable bonds is 4. The number of nitrogens with zero attached hydrogens (tertiary/aromatic N) is 4. The Bertz CT molecular complexity index is 840. The molecule has 0 saturated carbocycles. The zero-order chi connectivity index (χ0) is 16.4. The average molecular weight is 324 g/mol. The molecule has 0 aromatic carbocycles. The summed E-state index contributed by atoms with van der Waals surface area (Å²) in [6.07, 6.45) is 7.77. The normalized spacial score (nSPS) is 17.8. The fraction of sp³-hybridized carbons (Fsp3) is 0.353. The number of imidazole rings is 1. The Labute approximate surface area is 140 Å². The molecule has 4 heterocycles. The summed E-state index contributed by atoms with van der Waals surface area (Å²) in [5, 5.41) is 6.85. The van der Waals surface area contributed by atoms with Gasteiger partial charge in [0.25, 0.3) is 5.88 Å². The van der Waals surface area contributed by atoms with Gasteiger partial charge in [-0.2, -0.15) is 0 Å². The maximum atomic E-state index is 5.37. The minimum absolute atomic E-state index is 0.333. The molecule has 1 fully saturated rings. The van der Waals surface area contributed by atoms with Crippen molar-refractivity contribution in [3.8, 4) is 17.3 Å². The highest BCUT2D eigenvalue weighted by Crippen LogP contribution is 2.26. The number of aromatic nitrogens is 4. The van der Waals surface area contributed by atoms with Crippen LogP contribution in [-0.2, 0) is 0 Å². The summed E-state index contributed by atoms with van der Waals surface area (Å²) in [7, 11) is 1.61. The highest BCUT2D eigenvalue weighted by Gasteiger charge is 2.18. The van der Waals surface area contributed by atoms with Crippen LogP contribution < -0.4 is 15.4 Å². The Kier molecular flexibility index (Phi) is 4.00. The van der Waals surface area contributed by atoms with Crippen molar-refractivity contribution in [2.75, 3.05) is 25.5 Å². The van der Waals surface area contributed by atoms with Gasteiger partial charge in [-0.25, -0.2) is 15.0 Å². The first-order valence-electron chi connectivity index (χ1n) is 8.16. The summed E-state index contributed by atoms with van der Waals surface area (Å²) in [5.74, 6) is 1.19. The van der Waals surface area contributed by atoms with Crippen LogP contribution >= 0.6 is 0 Å². The lowest BCUT2D eigenvalue weighted by Gasteiger charge is -2.24. The number of anilines is 1. The minimum Gasteiger partial charge on any atom is -0.478 e. The van der Waals surface area contributed by atoms with Gasteiger partial charge in [-0.3, -0.25) is 4.40 Å². The fourth-order valence-electron chi connectivity index (χ4n) is 3.04. The number of hydrogen-bond donors (Lipinski definition) is 2. The first-order valence-corrected chi connectivity index (χ1v) is 8.16. The van der Waals surface area contributed by atoms with Gasteiger partial charge in [-0.05, 0) is 31.5 Å². The van der Waals surface area contributed by atoms with Crippen molar-refractivity contribution in [2.24, 2.45) is 0 Å². The SMILES string of the molecule is COc1ncc(-c2cnc3ccccn23)nc1N[C@@H]1CCCNC1. The third-order valence-corrected chi connectivity index (χ3v) is 4.25. The van der Waals surface area contributed by atoms with E-state index in [-0.39, 0.29) is 0 Å². The Hall–Kier alpha value is -2.67. The summed E-state index contributed by atoms with van der Waals surface area (Å²) in [6, 6.07) is 6.24. The molecule has 0 unspecified atom stereocenters. The lowest BCUT2D eigenvalue weighted by molar-refractivity contribution is 0.395. The Balaban J connectivity index is 1.70. The predicted molar refractivity (Wildman–Crippen MR) is 92.3 cm³/mol. The Morgan fingerprint density at radius 2 is 2.25 bits per heavy atom. The van der Waals surface area contributed by atoms with Crippen LogP contribution in [0, 0.1) is 0 Å². The number of nitrogens with one attached hydrogen (secondary N) is 2. The van der Waals surface area contributed by atoms with E-state index in [1.807, 2.05) is 35.0 Å². The Morgan fingerprint density at radius 1 is 1.29 bits per heavy atom. The van der Waals surface area contributed by atoms with Crippen LogP contribution in [0.5, 0.6) is 5.88 Å². The zero-order valence-electron chi connectivity index (χ0n) is 13.6. The van der Waals surface area contributed by atoms with E-state index in [4.69, 9.17) is 9.72 Å². The third-order valence-electron chi connectivity index (χ3n) is 4.25. The van der Waals surface area contributed by atoms with Crippen LogP contribution in [0.15, 0.2) is 36.8 Å². The molecule has 7 heteroatoms. The van der Waals surface area contributed by atoms with Gasteiger partial charge in [0.15, 0.2) is 5.82 Å². The number of pyridine rings is 1. The van der Waals surface area contributed by atoms with Crippen molar-refractivity contribution in [2.45, 2.75) is 18.9 Å². The molecule has 0 aliphatic carbocycles. The summed E-state index contributed by atoms with van der Waals surface area (Å²) in [4.78, 5) is 13.6. The van der Waals surface area contributed by atoms with Gasteiger partial charge in [0.05, 0.1) is 25.2 Å². The quantitative estimate of drug-likeness (QED) is 0.764. The molecule has 24 heavy (non-hydrogen) atoms. The van der Waals surface area contributed by atoms with Gasteiger partial charge in [-0.1, -0.05) is 6.07 Å². The third kappa shape index (κ3) is 2.78. The summed E-state index contributed by atoms with van der Waals surface area (Å²) < 4.78 is 7.37. The minimum atomic E-state index is 0.333. The van der Waals surface area contributed by atoms with E-state index in [9.17, 15) is 0 Å². The standard InChI is InChI=1S/C17H20N6O/c1-24-17-16(21-12-5-4-7-18-9-12)22-13(10-20-17)14-11-19-15-6-2-3-8-23(14)15/h2-3,6,8,10-12,18H,4-5,7,9H2,1H3,(H,21,22)/t12-/m1/s1. The van der Waals surface area contributed by atoms with Crippen LogP contribution in [0.1, 0.15) is 12.8 Å². The van der Waals surface area contributed by atoms with Gasteiger partial charge >= 0.3 is 0 Å². The van der Waals surface area contributed by atoms with Crippen molar-refractivity contribution in [1.29, 1.82) is 0 Å². The maximum Gasteiger partial charge on any atom is 0.257 e. The Morgan fingerprint density at radius 3 is 3.08 bits per heavy atom. The molecule has 0 bridgehead atoms. The molecule has 0 radical (unpaired) electrons. The molecule has 3 aromatic rings. The van der Waals surface area contributed by atoms with Crippen LogP contribution in [0.4, 0.5) is 5.82 Å². The lowest BCUT2D eigenvalue weighted by Crippen LogP contribution is -2.38.